The molecule has 0 aliphatic carbocycles. The van der Waals surface area contributed by atoms with E-state index in [1.807, 2.05) is 22.8 Å². The summed E-state index contributed by atoms with van der Waals surface area (Å²) < 4.78 is 2.03. The summed E-state index contributed by atoms with van der Waals surface area (Å²) in [6, 6.07) is 7.93. The number of rotatable bonds is 7. The molecule has 11 heteroatoms. The van der Waals surface area contributed by atoms with Crippen molar-refractivity contribution in [1.82, 2.24) is 29.9 Å². The smallest absolute Gasteiger partial charge is 0.243 e. The lowest BCUT2D eigenvalue weighted by molar-refractivity contribution is -0.127. The van der Waals surface area contributed by atoms with Gasteiger partial charge < -0.3 is 24.6 Å². The Hall–Kier alpha value is -2.08. The minimum absolute atomic E-state index is 0. The lowest BCUT2D eigenvalue weighted by atomic mass is 10.2. The number of halogens is 2. The number of nitrogens with one attached hydrogen (secondary N) is 1. The normalized spacial score (nSPS) is 14.2. The molecule has 1 fully saturated rings. The van der Waals surface area contributed by atoms with Gasteiger partial charge in [0, 0.05) is 70.5 Å². The molecule has 0 bridgehead atoms. The van der Waals surface area contributed by atoms with Crippen LogP contribution in [0.2, 0.25) is 5.02 Å². The summed E-state index contributed by atoms with van der Waals surface area (Å²) in [6.45, 7) is 6.92. The third kappa shape index (κ3) is 7.22. The van der Waals surface area contributed by atoms with Crippen molar-refractivity contribution in [3.8, 4) is 0 Å². The quantitative estimate of drug-likeness (QED) is 0.309. The fraction of sp³-hybridized carbons (Fsp3) is 0.524. The Bertz CT molecular complexity index is 895. The highest BCUT2D eigenvalue weighted by molar-refractivity contribution is 14.0. The van der Waals surface area contributed by atoms with Gasteiger partial charge in [0.25, 0.3) is 0 Å². The van der Waals surface area contributed by atoms with Gasteiger partial charge in [-0.3, -0.25) is 4.79 Å². The molecule has 0 unspecified atom stereocenters. The highest BCUT2D eigenvalue weighted by Gasteiger charge is 2.20. The first-order valence-corrected chi connectivity index (χ1v) is 11.0. The van der Waals surface area contributed by atoms with E-state index >= 15 is 0 Å². The average molecular weight is 575 g/mol. The van der Waals surface area contributed by atoms with Gasteiger partial charge >= 0.3 is 0 Å². The van der Waals surface area contributed by atoms with Crippen LogP contribution in [0.1, 0.15) is 12.7 Å². The zero-order valence-corrected chi connectivity index (χ0v) is 22.0. The van der Waals surface area contributed by atoms with Crippen LogP contribution in [0, 0.1) is 0 Å². The van der Waals surface area contributed by atoms with Gasteiger partial charge in [-0.15, -0.1) is 34.2 Å². The second-order valence-electron chi connectivity index (χ2n) is 7.60. The minimum atomic E-state index is -0.0241. The Kier molecular flexibility index (Phi) is 10.5. The number of amides is 1. The van der Waals surface area contributed by atoms with E-state index < -0.39 is 0 Å². The zero-order chi connectivity index (χ0) is 22.2. The molecule has 1 aromatic heterocycles. The van der Waals surface area contributed by atoms with E-state index in [2.05, 4.69) is 43.3 Å². The monoisotopic (exact) mass is 574 g/mol. The van der Waals surface area contributed by atoms with Crippen molar-refractivity contribution in [3.05, 3.63) is 41.4 Å². The van der Waals surface area contributed by atoms with Crippen molar-refractivity contribution < 1.29 is 4.79 Å². The lowest BCUT2D eigenvalue weighted by Gasteiger charge is -2.38. The first-order valence-electron chi connectivity index (χ1n) is 10.6. The number of guanidine groups is 1. The van der Waals surface area contributed by atoms with Crippen LogP contribution >= 0.6 is 35.6 Å². The molecule has 1 N–H and O–H groups in total. The van der Waals surface area contributed by atoms with E-state index in [1.165, 1.54) is 0 Å². The molecule has 1 saturated heterocycles. The molecule has 2 heterocycles. The van der Waals surface area contributed by atoms with Crippen molar-refractivity contribution in [2.45, 2.75) is 19.9 Å². The first kappa shape index (κ1) is 26.2. The zero-order valence-electron chi connectivity index (χ0n) is 18.9. The van der Waals surface area contributed by atoms with Crippen molar-refractivity contribution in [2.75, 3.05) is 58.3 Å². The van der Waals surface area contributed by atoms with E-state index in [9.17, 15) is 4.79 Å². The van der Waals surface area contributed by atoms with Gasteiger partial charge in [0.15, 0.2) is 5.96 Å². The molecule has 176 valence electrons. The lowest BCUT2D eigenvalue weighted by Crippen LogP contribution is -2.53. The molecule has 0 saturated carbocycles. The van der Waals surface area contributed by atoms with Gasteiger partial charge in [0.1, 0.15) is 18.7 Å². The number of aryl methyl sites for hydroxylation is 1. The van der Waals surface area contributed by atoms with Crippen molar-refractivity contribution in [3.63, 3.8) is 0 Å². The highest BCUT2D eigenvalue weighted by atomic mass is 127. The Morgan fingerprint density at radius 1 is 1.25 bits per heavy atom. The Morgan fingerprint density at radius 2 is 2.00 bits per heavy atom. The summed E-state index contributed by atoms with van der Waals surface area (Å²) >= 11 is 6.15. The third-order valence-corrected chi connectivity index (χ3v) is 5.50. The molecule has 9 nitrogen and oxygen atoms in total. The van der Waals surface area contributed by atoms with Gasteiger partial charge in [0.2, 0.25) is 5.91 Å². The number of hydrogen-bond acceptors (Lipinski definition) is 5. The van der Waals surface area contributed by atoms with Crippen LogP contribution in [0.5, 0.6) is 0 Å². The topological polar surface area (TPSA) is 81.9 Å². The highest BCUT2D eigenvalue weighted by Crippen LogP contribution is 2.20. The van der Waals surface area contributed by atoms with Crippen LogP contribution in [0.25, 0.3) is 0 Å². The van der Waals surface area contributed by atoms with Crippen LogP contribution in [0.4, 0.5) is 5.69 Å². The molecule has 1 amide bonds. The van der Waals surface area contributed by atoms with Crippen LogP contribution in [0.15, 0.2) is 35.6 Å². The van der Waals surface area contributed by atoms with Gasteiger partial charge in [-0.1, -0.05) is 24.6 Å². The number of benzene rings is 1. The summed E-state index contributed by atoms with van der Waals surface area (Å²) in [5.41, 5.74) is 1.13. The van der Waals surface area contributed by atoms with E-state index in [0.29, 0.717) is 6.54 Å². The van der Waals surface area contributed by atoms with Crippen molar-refractivity contribution in [2.24, 2.45) is 4.99 Å². The molecule has 0 atom stereocenters. The number of anilines is 1. The molecule has 0 radical (unpaired) electrons. The third-order valence-electron chi connectivity index (χ3n) is 5.26. The van der Waals surface area contributed by atoms with Gasteiger partial charge in [-0.25, -0.2) is 4.99 Å². The number of nitrogens with zero attached hydrogens (tertiary/aromatic N) is 7. The number of aromatic nitrogens is 3. The molecule has 32 heavy (non-hydrogen) atoms. The fourth-order valence-corrected chi connectivity index (χ4v) is 3.61. The van der Waals surface area contributed by atoms with Crippen LogP contribution in [-0.2, 0) is 17.8 Å². The van der Waals surface area contributed by atoms with Gasteiger partial charge in [0.05, 0.1) is 0 Å². The second-order valence-corrected chi connectivity index (χ2v) is 8.04. The Morgan fingerprint density at radius 3 is 2.66 bits per heavy atom. The summed E-state index contributed by atoms with van der Waals surface area (Å²) in [5.74, 6) is 1.69. The molecule has 2 aromatic rings. The molecule has 1 aromatic carbocycles. The maximum atomic E-state index is 12.1. The maximum Gasteiger partial charge on any atom is 0.243 e. The molecule has 1 aliphatic heterocycles. The number of piperazine rings is 1. The summed E-state index contributed by atoms with van der Waals surface area (Å²) in [6.07, 6.45) is 2.58. The summed E-state index contributed by atoms with van der Waals surface area (Å²) in [4.78, 5) is 22.8. The maximum absolute atomic E-state index is 12.1. The number of aliphatic imine (C=N–C) groups is 1. The number of likely N-dealkylation sites (N-methyl/N-ethyl adjacent to an activating group) is 1. The number of carbonyl (C=O) groups is 1. The Labute approximate surface area is 211 Å². The van der Waals surface area contributed by atoms with Crippen LogP contribution < -0.4 is 10.2 Å². The predicted octanol–water partition coefficient (Wildman–Crippen LogP) is 1.97. The van der Waals surface area contributed by atoms with E-state index in [-0.39, 0.29) is 36.4 Å². The largest absolute Gasteiger partial charge is 0.368 e. The first-order chi connectivity index (χ1) is 15.0. The summed E-state index contributed by atoms with van der Waals surface area (Å²) in [5, 5.41) is 12.3. The van der Waals surface area contributed by atoms with Gasteiger partial charge in [-0.2, -0.15) is 0 Å². The Balaban J connectivity index is 0.00000363. The standard InChI is InChI=1S/C21H31ClN8O.HI/c1-4-19-26-25-16-30(19)9-8-23-21(24-15-20(31)27(2)3)29-12-10-28(11-13-29)18-7-5-6-17(22)14-18;/h5-7,14,16H,4,8-13,15H2,1-3H3,(H,23,24);1H. The van der Waals surface area contributed by atoms with E-state index in [0.717, 1.165) is 61.6 Å². The van der Waals surface area contributed by atoms with Gasteiger partial charge in [-0.05, 0) is 18.2 Å². The van der Waals surface area contributed by atoms with E-state index in [4.69, 9.17) is 11.6 Å². The van der Waals surface area contributed by atoms with Crippen LogP contribution in [0.3, 0.4) is 0 Å². The van der Waals surface area contributed by atoms with E-state index in [1.54, 1.807) is 25.3 Å². The molecule has 1 aliphatic rings. The molecule has 0 spiro atoms. The molecule has 3 rings (SSSR count). The van der Waals surface area contributed by atoms with Crippen molar-refractivity contribution >= 4 is 53.1 Å². The molecular formula is C21H32ClIN8O. The second kappa shape index (κ2) is 12.8. The molecular weight excluding hydrogens is 543 g/mol. The average Bonchev–Trinajstić information content (AvgIpc) is 3.23. The predicted molar refractivity (Wildman–Crippen MR) is 139 cm³/mol. The minimum Gasteiger partial charge on any atom is -0.368 e. The van der Waals surface area contributed by atoms with Crippen molar-refractivity contribution in [1.29, 1.82) is 0 Å². The number of carbonyl (C=O) groups excluding carboxylic acids is 1. The fourth-order valence-electron chi connectivity index (χ4n) is 3.43. The number of hydrogen-bond donors (Lipinski definition) is 1. The van der Waals surface area contributed by atoms with Crippen LogP contribution in [-0.4, -0.2) is 89.8 Å². The summed E-state index contributed by atoms with van der Waals surface area (Å²) in [7, 11) is 3.49. The SMILES string of the molecule is CCc1nncn1CCNC(=NCC(=O)N(C)C)N1CCN(c2cccc(Cl)c2)CC1.I.